The molecule has 110 valence electrons. The van der Waals surface area contributed by atoms with E-state index < -0.39 is 12.0 Å². The summed E-state index contributed by atoms with van der Waals surface area (Å²) in [6.07, 6.45) is 6.32. The van der Waals surface area contributed by atoms with Crippen LogP contribution in [0.25, 0.3) is 10.9 Å². The maximum Gasteiger partial charge on any atom is 0.325 e. The quantitative estimate of drug-likeness (QED) is 0.940. The first-order chi connectivity index (χ1) is 10.3. The Kier molecular flexibility index (Phi) is 4.15. The van der Waals surface area contributed by atoms with Crippen LogP contribution in [0.2, 0.25) is 0 Å². The lowest BCUT2D eigenvalue weighted by Crippen LogP contribution is -2.34. The number of benzene rings is 1. The third-order valence-electron chi connectivity index (χ3n) is 4.18. The van der Waals surface area contributed by atoms with Gasteiger partial charge in [-0.1, -0.05) is 25.0 Å². The highest BCUT2D eigenvalue weighted by atomic mass is 16.4. The van der Waals surface area contributed by atoms with E-state index >= 15 is 0 Å². The lowest BCUT2D eigenvalue weighted by atomic mass is 10.0. The maximum absolute atomic E-state index is 11.8. The number of likely N-dealkylation sites (tertiary alicyclic amines) is 1. The van der Waals surface area contributed by atoms with E-state index in [4.69, 9.17) is 0 Å². The molecule has 1 aromatic heterocycles. The Labute approximate surface area is 124 Å². The highest BCUT2D eigenvalue weighted by Crippen LogP contribution is 2.26. The molecular weight excluding hydrogens is 264 g/mol. The summed E-state index contributed by atoms with van der Waals surface area (Å²) in [6, 6.07) is 9.09. The molecule has 0 saturated carbocycles. The fourth-order valence-corrected chi connectivity index (χ4v) is 3.13. The first-order valence-corrected chi connectivity index (χ1v) is 7.57. The number of carboxylic acids is 1. The Morgan fingerprint density at radius 3 is 2.62 bits per heavy atom. The second kappa shape index (κ2) is 6.22. The van der Waals surface area contributed by atoms with Crippen LogP contribution in [0.4, 0.5) is 0 Å². The van der Waals surface area contributed by atoms with Crippen LogP contribution >= 0.6 is 0 Å². The third-order valence-corrected chi connectivity index (χ3v) is 4.18. The minimum absolute atomic E-state index is 0.548. The Morgan fingerprint density at radius 1 is 1.14 bits per heavy atom. The molecule has 1 aliphatic rings. The molecule has 0 amide bonds. The van der Waals surface area contributed by atoms with E-state index in [0.29, 0.717) is 0 Å². The first kappa shape index (κ1) is 14.0. The molecule has 4 nitrogen and oxygen atoms in total. The summed E-state index contributed by atoms with van der Waals surface area (Å²) in [5.74, 6) is -0.764. The van der Waals surface area contributed by atoms with Crippen LogP contribution in [0.1, 0.15) is 37.3 Å². The van der Waals surface area contributed by atoms with Crippen LogP contribution in [-0.2, 0) is 4.79 Å². The SMILES string of the molecule is O=C(O)C(c1ccc2ncccc2c1)N1CCCCCC1. The zero-order valence-electron chi connectivity index (χ0n) is 12.0. The van der Waals surface area contributed by atoms with Crippen LogP contribution in [0.15, 0.2) is 36.5 Å². The fraction of sp³-hybridized carbons (Fsp3) is 0.412. The minimum atomic E-state index is -0.764. The van der Waals surface area contributed by atoms with Crippen molar-refractivity contribution in [1.82, 2.24) is 9.88 Å². The lowest BCUT2D eigenvalue weighted by Gasteiger charge is -2.27. The standard InChI is InChI=1S/C17H20N2O2/c20-17(21)16(19-10-3-1-2-4-11-19)14-7-8-15-13(12-14)6-5-9-18-15/h5-9,12,16H,1-4,10-11H2,(H,20,21). The number of nitrogens with zero attached hydrogens (tertiary/aromatic N) is 2. The van der Waals surface area contributed by atoms with E-state index in [1.165, 1.54) is 12.8 Å². The average Bonchev–Trinajstić information content (AvgIpc) is 2.76. The van der Waals surface area contributed by atoms with Gasteiger partial charge in [-0.3, -0.25) is 14.7 Å². The summed E-state index contributed by atoms with van der Waals surface area (Å²) in [5.41, 5.74) is 1.76. The van der Waals surface area contributed by atoms with Gasteiger partial charge in [0.2, 0.25) is 0 Å². The second-order valence-electron chi connectivity index (χ2n) is 5.65. The average molecular weight is 284 g/mol. The molecule has 1 N–H and O–H groups in total. The highest BCUT2D eigenvalue weighted by molar-refractivity contribution is 5.82. The largest absolute Gasteiger partial charge is 0.480 e. The third kappa shape index (κ3) is 3.05. The first-order valence-electron chi connectivity index (χ1n) is 7.57. The van der Waals surface area contributed by atoms with Gasteiger partial charge in [-0.15, -0.1) is 0 Å². The summed E-state index contributed by atoms with van der Waals surface area (Å²) in [4.78, 5) is 18.2. The van der Waals surface area contributed by atoms with E-state index in [0.717, 1.165) is 42.4 Å². The van der Waals surface area contributed by atoms with Crippen molar-refractivity contribution in [3.05, 3.63) is 42.1 Å². The van der Waals surface area contributed by atoms with Crippen LogP contribution in [-0.4, -0.2) is 34.0 Å². The highest BCUT2D eigenvalue weighted by Gasteiger charge is 2.27. The Balaban J connectivity index is 1.96. The summed E-state index contributed by atoms with van der Waals surface area (Å²) in [6.45, 7) is 1.73. The monoisotopic (exact) mass is 284 g/mol. The van der Waals surface area contributed by atoms with Gasteiger partial charge in [0.05, 0.1) is 5.52 Å². The predicted molar refractivity (Wildman–Crippen MR) is 82.2 cm³/mol. The smallest absolute Gasteiger partial charge is 0.325 e. The molecule has 1 atom stereocenters. The number of aliphatic carboxylic acids is 1. The molecule has 4 heteroatoms. The van der Waals surface area contributed by atoms with Crippen molar-refractivity contribution >= 4 is 16.9 Å². The van der Waals surface area contributed by atoms with E-state index in [1.807, 2.05) is 30.3 Å². The molecule has 1 aromatic carbocycles. The lowest BCUT2D eigenvalue weighted by molar-refractivity contribution is -0.143. The summed E-state index contributed by atoms with van der Waals surface area (Å²) < 4.78 is 0. The van der Waals surface area contributed by atoms with Crippen molar-refractivity contribution in [1.29, 1.82) is 0 Å². The molecule has 0 spiro atoms. The van der Waals surface area contributed by atoms with Gasteiger partial charge < -0.3 is 5.11 Å². The molecule has 1 unspecified atom stereocenters. The van der Waals surface area contributed by atoms with E-state index in [-0.39, 0.29) is 0 Å². The van der Waals surface area contributed by atoms with Gasteiger partial charge in [0.1, 0.15) is 6.04 Å². The van der Waals surface area contributed by atoms with Crippen molar-refractivity contribution in [2.24, 2.45) is 0 Å². The summed E-state index contributed by atoms with van der Waals surface area (Å²) >= 11 is 0. The van der Waals surface area contributed by atoms with Gasteiger partial charge in [0.25, 0.3) is 0 Å². The van der Waals surface area contributed by atoms with Gasteiger partial charge in [0.15, 0.2) is 0 Å². The van der Waals surface area contributed by atoms with Gasteiger partial charge in [-0.25, -0.2) is 0 Å². The number of fused-ring (bicyclic) bond motifs is 1. The number of rotatable bonds is 3. The molecule has 0 aliphatic carbocycles. The normalized spacial score (nSPS) is 18.3. The molecule has 3 rings (SSSR count). The Hall–Kier alpha value is -1.94. The molecule has 2 aromatic rings. The van der Waals surface area contributed by atoms with E-state index in [2.05, 4.69) is 9.88 Å². The summed E-state index contributed by atoms with van der Waals surface area (Å²) in [5, 5.41) is 10.7. The number of aromatic nitrogens is 1. The van der Waals surface area contributed by atoms with Crippen molar-refractivity contribution in [2.45, 2.75) is 31.7 Å². The molecule has 0 bridgehead atoms. The molecule has 0 radical (unpaired) electrons. The Bertz CT molecular complexity index is 633. The van der Waals surface area contributed by atoms with Crippen molar-refractivity contribution < 1.29 is 9.90 Å². The molecule has 1 fully saturated rings. The van der Waals surface area contributed by atoms with E-state index in [9.17, 15) is 9.90 Å². The number of pyridine rings is 1. The van der Waals surface area contributed by atoms with Crippen LogP contribution in [0.5, 0.6) is 0 Å². The molecule has 1 saturated heterocycles. The van der Waals surface area contributed by atoms with E-state index in [1.54, 1.807) is 6.20 Å². The molecule has 2 heterocycles. The second-order valence-corrected chi connectivity index (χ2v) is 5.65. The van der Waals surface area contributed by atoms with Crippen LogP contribution in [0.3, 0.4) is 0 Å². The number of hydrogen-bond acceptors (Lipinski definition) is 3. The zero-order valence-corrected chi connectivity index (χ0v) is 12.0. The van der Waals surface area contributed by atoms with Crippen molar-refractivity contribution in [3.8, 4) is 0 Å². The zero-order chi connectivity index (χ0) is 14.7. The van der Waals surface area contributed by atoms with Gasteiger partial charge in [-0.2, -0.15) is 0 Å². The maximum atomic E-state index is 11.8. The van der Waals surface area contributed by atoms with Gasteiger partial charge in [-0.05, 0) is 49.7 Å². The fourth-order valence-electron chi connectivity index (χ4n) is 3.13. The molecular formula is C17H20N2O2. The van der Waals surface area contributed by atoms with Gasteiger partial charge >= 0.3 is 5.97 Å². The predicted octanol–water partition coefficient (Wildman–Crippen LogP) is 3.24. The topological polar surface area (TPSA) is 53.4 Å². The summed E-state index contributed by atoms with van der Waals surface area (Å²) in [7, 11) is 0. The number of hydrogen-bond donors (Lipinski definition) is 1. The number of carbonyl (C=O) groups is 1. The Morgan fingerprint density at radius 2 is 1.90 bits per heavy atom. The van der Waals surface area contributed by atoms with Crippen LogP contribution in [0, 0.1) is 0 Å². The number of carboxylic acid groups (broad SMARTS) is 1. The van der Waals surface area contributed by atoms with Crippen molar-refractivity contribution in [2.75, 3.05) is 13.1 Å². The molecule has 1 aliphatic heterocycles. The van der Waals surface area contributed by atoms with Crippen molar-refractivity contribution in [3.63, 3.8) is 0 Å². The molecule has 21 heavy (non-hydrogen) atoms. The minimum Gasteiger partial charge on any atom is -0.480 e. The van der Waals surface area contributed by atoms with Gasteiger partial charge in [0, 0.05) is 11.6 Å². The van der Waals surface area contributed by atoms with Crippen LogP contribution < -0.4 is 0 Å².